The van der Waals surface area contributed by atoms with Gasteiger partial charge in [-0.25, -0.2) is 0 Å². The fraction of sp³-hybridized carbons (Fsp3) is 0.412. The van der Waals surface area contributed by atoms with Crippen LogP contribution in [0.1, 0.15) is 26.7 Å². The summed E-state index contributed by atoms with van der Waals surface area (Å²) in [6.45, 7) is 3.89. The van der Waals surface area contributed by atoms with E-state index in [1.165, 1.54) is 0 Å². The van der Waals surface area contributed by atoms with E-state index in [-0.39, 0.29) is 5.91 Å². The zero-order valence-corrected chi connectivity index (χ0v) is 13.1. The number of rotatable bonds is 4. The van der Waals surface area contributed by atoms with Crippen molar-refractivity contribution < 1.29 is 19.4 Å². The molecule has 0 bridgehead atoms. The Morgan fingerprint density at radius 3 is 2.41 bits per heavy atom. The minimum Gasteiger partial charge on any atom is -0.497 e. The summed E-state index contributed by atoms with van der Waals surface area (Å²) < 4.78 is 5.12. The molecule has 0 saturated carbocycles. The zero-order chi connectivity index (χ0) is 16.3. The van der Waals surface area contributed by atoms with Gasteiger partial charge in [0, 0.05) is 11.8 Å². The van der Waals surface area contributed by atoms with Crippen molar-refractivity contribution in [2.75, 3.05) is 12.4 Å². The Balaban J connectivity index is 2.18. The molecule has 22 heavy (non-hydrogen) atoms. The number of carboxylic acids is 1. The first-order valence-corrected chi connectivity index (χ1v) is 7.25. The fourth-order valence-electron chi connectivity index (χ4n) is 2.76. The largest absolute Gasteiger partial charge is 0.497 e. The third-order valence-electron chi connectivity index (χ3n) is 4.26. The summed E-state index contributed by atoms with van der Waals surface area (Å²) in [6.07, 6.45) is 0.913. The lowest BCUT2D eigenvalue weighted by Gasteiger charge is -2.29. The third kappa shape index (κ3) is 3.47. The summed E-state index contributed by atoms with van der Waals surface area (Å²) in [5.41, 5.74) is 2.78. The van der Waals surface area contributed by atoms with Gasteiger partial charge in [-0.1, -0.05) is 17.2 Å². The van der Waals surface area contributed by atoms with Crippen LogP contribution in [0.15, 0.2) is 35.4 Å². The van der Waals surface area contributed by atoms with Gasteiger partial charge in [0.1, 0.15) is 5.75 Å². The Morgan fingerprint density at radius 1 is 1.18 bits per heavy atom. The van der Waals surface area contributed by atoms with Crippen molar-refractivity contribution >= 4 is 17.6 Å². The lowest BCUT2D eigenvalue weighted by Crippen LogP contribution is -2.36. The number of ether oxygens (including phenoxy) is 1. The van der Waals surface area contributed by atoms with Gasteiger partial charge in [0.15, 0.2) is 0 Å². The van der Waals surface area contributed by atoms with E-state index < -0.39 is 17.8 Å². The molecule has 2 rings (SSSR count). The van der Waals surface area contributed by atoms with Crippen LogP contribution in [0.25, 0.3) is 0 Å². The van der Waals surface area contributed by atoms with Crippen LogP contribution in [0.4, 0.5) is 5.69 Å². The Kier molecular flexibility index (Phi) is 4.85. The van der Waals surface area contributed by atoms with Gasteiger partial charge in [0.25, 0.3) is 0 Å². The molecule has 1 aliphatic carbocycles. The molecule has 0 saturated heterocycles. The minimum absolute atomic E-state index is 0.257. The standard InChI is InChI=1S/C17H21NO4/c1-10-7-14(15(17(20)21)8-11(10)2)16(19)18-12-5-4-6-13(9-12)22-3/h4-6,9,14-15H,7-8H2,1-3H3,(H,18,19)(H,20,21)/t14-,15-/m0/s1. The molecule has 2 atom stereocenters. The van der Waals surface area contributed by atoms with Gasteiger partial charge in [-0.3, -0.25) is 9.59 Å². The first-order valence-electron chi connectivity index (χ1n) is 7.25. The number of carbonyl (C=O) groups excluding carboxylic acids is 1. The first-order chi connectivity index (χ1) is 10.4. The van der Waals surface area contributed by atoms with E-state index in [1.54, 1.807) is 31.4 Å². The monoisotopic (exact) mass is 303 g/mol. The van der Waals surface area contributed by atoms with Crippen LogP contribution in [0.2, 0.25) is 0 Å². The topological polar surface area (TPSA) is 75.6 Å². The molecule has 5 heteroatoms. The Morgan fingerprint density at radius 2 is 1.82 bits per heavy atom. The van der Waals surface area contributed by atoms with Crippen LogP contribution in [0.3, 0.4) is 0 Å². The first kappa shape index (κ1) is 16.1. The third-order valence-corrected chi connectivity index (χ3v) is 4.26. The molecule has 0 aliphatic heterocycles. The predicted molar refractivity (Wildman–Crippen MR) is 83.8 cm³/mol. The van der Waals surface area contributed by atoms with Crippen LogP contribution >= 0.6 is 0 Å². The number of methoxy groups -OCH3 is 1. The van der Waals surface area contributed by atoms with E-state index in [0.29, 0.717) is 24.3 Å². The fourth-order valence-corrected chi connectivity index (χ4v) is 2.76. The van der Waals surface area contributed by atoms with Crippen LogP contribution in [0, 0.1) is 11.8 Å². The SMILES string of the molecule is COc1cccc(NC(=O)[C@H]2CC(C)=C(C)C[C@@H]2C(=O)O)c1. The molecule has 0 heterocycles. The summed E-state index contributed by atoms with van der Waals surface area (Å²) in [6, 6.07) is 7.03. The molecule has 1 amide bonds. The van der Waals surface area contributed by atoms with E-state index >= 15 is 0 Å². The molecule has 1 aliphatic rings. The number of nitrogens with one attached hydrogen (secondary N) is 1. The van der Waals surface area contributed by atoms with E-state index in [9.17, 15) is 14.7 Å². The van der Waals surface area contributed by atoms with Crippen molar-refractivity contribution in [2.45, 2.75) is 26.7 Å². The van der Waals surface area contributed by atoms with Gasteiger partial charge in [0.2, 0.25) is 5.91 Å². The number of hydrogen-bond acceptors (Lipinski definition) is 3. The quantitative estimate of drug-likeness (QED) is 0.838. The van der Waals surface area contributed by atoms with Crippen molar-refractivity contribution in [2.24, 2.45) is 11.8 Å². The van der Waals surface area contributed by atoms with Gasteiger partial charge in [-0.15, -0.1) is 0 Å². The van der Waals surface area contributed by atoms with E-state index in [1.807, 2.05) is 13.8 Å². The number of allylic oxidation sites excluding steroid dienone is 2. The van der Waals surface area contributed by atoms with Crippen LogP contribution in [-0.2, 0) is 9.59 Å². The maximum Gasteiger partial charge on any atom is 0.307 e. The normalized spacial score (nSPS) is 21.4. The molecule has 5 nitrogen and oxygen atoms in total. The summed E-state index contributed by atoms with van der Waals surface area (Å²) in [4.78, 5) is 23.9. The van der Waals surface area contributed by atoms with E-state index in [4.69, 9.17) is 4.74 Å². The summed E-state index contributed by atoms with van der Waals surface area (Å²) in [5.74, 6) is -1.75. The van der Waals surface area contributed by atoms with Gasteiger partial charge < -0.3 is 15.2 Å². The highest BCUT2D eigenvalue weighted by Crippen LogP contribution is 2.35. The van der Waals surface area contributed by atoms with Crippen LogP contribution in [-0.4, -0.2) is 24.1 Å². The van der Waals surface area contributed by atoms with E-state index in [2.05, 4.69) is 5.32 Å². The van der Waals surface area contributed by atoms with Gasteiger partial charge >= 0.3 is 5.97 Å². The Hall–Kier alpha value is -2.30. The molecule has 1 aromatic carbocycles. The number of amides is 1. The van der Waals surface area contributed by atoms with Crippen LogP contribution in [0.5, 0.6) is 5.75 Å². The molecule has 1 aromatic rings. The molecule has 0 aromatic heterocycles. The predicted octanol–water partition coefficient (Wildman–Crippen LogP) is 3.08. The van der Waals surface area contributed by atoms with Crippen molar-refractivity contribution in [3.8, 4) is 5.75 Å². The number of carboxylic acid groups (broad SMARTS) is 1. The summed E-state index contributed by atoms with van der Waals surface area (Å²) in [7, 11) is 1.56. The number of hydrogen-bond donors (Lipinski definition) is 2. The highest BCUT2D eigenvalue weighted by molar-refractivity contribution is 5.95. The molecule has 118 valence electrons. The van der Waals surface area contributed by atoms with Gasteiger partial charge in [0.05, 0.1) is 18.9 Å². The van der Waals surface area contributed by atoms with Gasteiger partial charge in [-0.05, 0) is 38.8 Å². The smallest absolute Gasteiger partial charge is 0.307 e. The average Bonchev–Trinajstić information content (AvgIpc) is 2.49. The maximum absolute atomic E-state index is 12.5. The zero-order valence-electron chi connectivity index (χ0n) is 13.1. The lowest BCUT2D eigenvalue weighted by atomic mass is 9.76. The lowest BCUT2D eigenvalue weighted by molar-refractivity contribution is -0.146. The highest BCUT2D eigenvalue weighted by atomic mass is 16.5. The van der Waals surface area contributed by atoms with Crippen molar-refractivity contribution in [1.82, 2.24) is 0 Å². The van der Waals surface area contributed by atoms with Crippen molar-refractivity contribution in [3.63, 3.8) is 0 Å². The number of carbonyl (C=O) groups is 2. The molecule has 0 unspecified atom stereocenters. The Bertz CT molecular complexity index is 621. The second kappa shape index (κ2) is 6.64. The van der Waals surface area contributed by atoms with Crippen molar-refractivity contribution in [3.05, 3.63) is 35.4 Å². The molecule has 0 spiro atoms. The van der Waals surface area contributed by atoms with Crippen molar-refractivity contribution in [1.29, 1.82) is 0 Å². The molecular formula is C17H21NO4. The second-order valence-corrected chi connectivity index (χ2v) is 5.74. The number of aliphatic carboxylic acids is 1. The van der Waals surface area contributed by atoms with Crippen LogP contribution < -0.4 is 10.1 Å². The number of benzene rings is 1. The highest BCUT2D eigenvalue weighted by Gasteiger charge is 2.37. The Labute approximate surface area is 130 Å². The second-order valence-electron chi connectivity index (χ2n) is 5.74. The average molecular weight is 303 g/mol. The summed E-state index contributed by atoms with van der Waals surface area (Å²) in [5, 5.41) is 12.2. The minimum atomic E-state index is -0.919. The van der Waals surface area contributed by atoms with E-state index in [0.717, 1.165) is 11.1 Å². The molecule has 0 fully saturated rings. The maximum atomic E-state index is 12.5. The van der Waals surface area contributed by atoms with Gasteiger partial charge in [-0.2, -0.15) is 0 Å². The summed E-state index contributed by atoms with van der Waals surface area (Å²) >= 11 is 0. The molecule has 0 radical (unpaired) electrons. The number of anilines is 1. The molecular weight excluding hydrogens is 282 g/mol. The molecule has 2 N–H and O–H groups in total.